The Labute approximate surface area is 290 Å². The van der Waals surface area contributed by atoms with E-state index in [4.69, 9.17) is 4.99 Å². The number of aromatic nitrogens is 2. The van der Waals surface area contributed by atoms with Crippen LogP contribution < -0.4 is 10.6 Å². The van der Waals surface area contributed by atoms with E-state index in [0.717, 1.165) is 41.2 Å². The van der Waals surface area contributed by atoms with Crippen LogP contribution >= 0.6 is 0 Å². The summed E-state index contributed by atoms with van der Waals surface area (Å²) in [5.74, 6) is 0.901. The molecule has 10 rings (SSSR count). The predicted octanol–water partition coefficient (Wildman–Crippen LogP) is 10.1. The van der Waals surface area contributed by atoms with Gasteiger partial charge in [0.1, 0.15) is 18.2 Å². The summed E-state index contributed by atoms with van der Waals surface area (Å²) < 4.78 is 4.82. The number of benzene rings is 6. The van der Waals surface area contributed by atoms with Crippen molar-refractivity contribution in [3.05, 3.63) is 181 Å². The number of nitrogens with zero attached hydrogens (tertiary/aromatic N) is 3. The number of hydrogen-bond donors (Lipinski definition) is 2. The molecule has 3 heterocycles. The van der Waals surface area contributed by atoms with Gasteiger partial charge in [0.05, 0.1) is 22.1 Å². The number of aliphatic imine (C=N–C) groups is 1. The number of para-hydroxylation sites is 3. The van der Waals surface area contributed by atoms with E-state index in [1.54, 1.807) is 0 Å². The summed E-state index contributed by atoms with van der Waals surface area (Å²) >= 11 is 0. The molecule has 5 heteroatoms. The maximum atomic E-state index is 5.26. The highest BCUT2D eigenvalue weighted by molar-refractivity contribution is 6.19. The lowest BCUT2D eigenvalue weighted by atomic mass is 10.0. The average Bonchev–Trinajstić information content (AvgIpc) is 3.70. The van der Waals surface area contributed by atoms with Crippen molar-refractivity contribution >= 4 is 49.4 Å². The van der Waals surface area contributed by atoms with Gasteiger partial charge in [0.15, 0.2) is 0 Å². The van der Waals surface area contributed by atoms with Crippen LogP contribution in [0.5, 0.6) is 0 Å². The summed E-state index contributed by atoms with van der Waals surface area (Å²) in [5, 5.41) is 12.5. The minimum atomic E-state index is -0.229. The monoisotopic (exact) mass is 645 g/mol. The number of fused-ring (bicyclic) bond motifs is 6. The maximum absolute atomic E-state index is 5.26. The summed E-state index contributed by atoms with van der Waals surface area (Å²) in [4.78, 5) is 5.26. The zero-order valence-corrected chi connectivity index (χ0v) is 27.5. The lowest BCUT2D eigenvalue weighted by Gasteiger charge is -2.33. The zero-order chi connectivity index (χ0) is 33.0. The van der Waals surface area contributed by atoms with E-state index in [9.17, 15) is 0 Å². The molecule has 0 fully saturated rings. The number of allylic oxidation sites excluding steroid dienone is 2. The Balaban J connectivity index is 1.17. The van der Waals surface area contributed by atoms with Gasteiger partial charge in [0, 0.05) is 38.5 Å². The molecule has 2 atom stereocenters. The molecule has 240 valence electrons. The summed E-state index contributed by atoms with van der Waals surface area (Å²) in [6.45, 7) is 0. The van der Waals surface area contributed by atoms with E-state index < -0.39 is 0 Å². The van der Waals surface area contributed by atoms with Crippen LogP contribution in [0.3, 0.4) is 0 Å². The highest BCUT2D eigenvalue weighted by Gasteiger charge is 2.27. The fourth-order valence-electron chi connectivity index (χ4n) is 7.89. The smallest absolute Gasteiger partial charge is 0.131 e. The summed E-state index contributed by atoms with van der Waals surface area (Å²) in [7, 11) is 0. The largest absolute Gasteiger partial charge is 0.350 e. The van der Waals surface area contributed by atoms with Gasteiger partial charge < -0.3 is 14.5 Å². The van der Waals surface area contributed by atoms with Crippen LogP contribution in [0.2, 0.25) is 0 Å². The maximum Gasteiger partial charge on any atom is 0.131 e. The van der Waals surface area contributed by atoms with Gasteiger partial charge in [-0.1, -0.05) is 115 Å². The molecule has 0 amide bonds. The Hall–Kier alpha value is -6.17. The Morgan fingerprint density at radius 2 is 1.18 bits per heavy atom. The van der Waals surface area contributed by atoms with Gasteiger partial charge >= 0.3 is 0 Å². The van der Waals surface area contributed by atoms with Crippen molar-refractivity contribution in [3.8, 4) is 11.4 Å². The fraction of sp³-hybridized carbons (Fsp3) is 0.0889. The molecule has 0 bridgehead atoms. The molecule has 6 aromatic carbocycles. The van der Waals surface area contributed by atoms with Crippen LogP contribution in [0.25, 0.3) is 55.0 Å². The van der Waals surface area contributed by atoms with Gasteiger partial charge in [-0.15, -0.1) is 0 Å². The van der Waals surface area contributed by atoms with E-state index >= 15 is 0 Å². The number of hydrogen-bond acceptors (Lipinski definition) is 3. The number of rotatable bonds is 5. The second-order valence-corrected chi connectivity index (χ2v) is 13.2. The molecule has 0 spiro atoms. The van der Waals surface area contributed by atoms with Crippen LogP contribution in [0.4, 0.5) is 0 Å². The van der Waals surface area contributed by atoms with Crippen LogP contribution in [-0.2, 0) is 0 Å². The first-order valence-electron chi connectivity index (χ1n) is 17.4. The molecular formula is C45H35N5. The SMILES string of the molecule is C1=CC(C2NC(c3ccccc3)=NC(c3cccc(-n4c5ccccc5c5cc6c7ccccc7n(-c7ccccc7)c6cc54)c3)N2)=CCC1. The van der Waals surface area contributed by atoms with Crippen molar-refractivity contribution in [3.63, 3.8) is 0 Å². The minimum Gasteiger partial charge on any atom is -0.350 e. The Bertz CT molecular complexity index is 2660. The molecule has 2 aromatic heterocycles. The molecule has 0 saturated carbocycles. The van der Waals surface area contributed by atoms with E-state index in [-0.39, 0.29) is 12.3 Å². The van der Waals surface area contributed by atoms with Crippen molar-refractivity contribution in [1.82, 2.24) is 19.8 Å². The van der Waals surface area contributed by atoms with Gasteiger partial charge in [-0.05, 0) is 72.5 Å². The third-order valence-corrected chi connectivity index (χ3v) is 10.2. The van der Waals surface area contributed by atoms with E-state index in [2.05, 4.69) is 184 Å². The molecule has 2 aliphatic rings. The molecular weight excluding hydrogens is 611 g/mol. The summed E-state index contributed by atoms with van der Waals surface area (Å²) in [6, 6.07) is 52.3. The first-order valence-corrected chi connectivity index (χ1v) is 17.4. The van der Waals surface area contributed by atoms with E-state index in [1.807, 2.05) is 0 Å². The standard InChI is InChI=1S/C45H35N5/c1-4-15-30(16-5-1)43-46-44(31-17-6-2-7-18-31)48-45(47-43)32-19-14-22-34(27-32)50-40-26-13-11-24-36(40)38-28-37-35-23-10-12-25-39(35)49(41(37)29-42(38)50)33-20-8-3-9-21-33/h1,3-6,8-29,44-45,48H,2,7H2,(H,46,47). The van der Waals surface area contributed by atoms with Crippen LogP contribution in [0.15, 0.2) is 174 Å². The third-order valence-electron chi connectivity index (χ3n) is 10.2. The molecule has 8 aromatic rings. The van der Waals surface area contributed by atoms with Crippen molar-refractivity contribution in [2.75, 3.05) is 0 Å². The van der Waals surface area contributed by atoms with E-state index in [1.165, 1.54) is 49.2 Å². The van der Waals surface area contributed by atoms with Gasteiger partial charge in [-0.2, -0.15) is 0 Å². The van der Waals surface area contributed by atoms with Gasteiger partial charge in [-0.3, -0.25) is 5.32 Å². The number of amidine groups is 1. The van der Waals surface area contributed by atoms with Crippen LogP contribution in [-0.4, -0.2) is 21.1 Å². The number of nitrogens with one attached hydrogen (secondary N) is 2. The third kappa shape index (κ3) is 4.70. The lowest BCUT2D eigenvalue weighted by molar-refractivity contribution is 0.440. The second kappa shape index (κ2) is 11.8. The lowest BCUT2D eigenvalue weighted by Crippen LogP contribution is -2.52. The fourth-order valence-corrected chi connectivity index (χ4v) is 7.89. The van der Waals surface area contributed by atoms with E-state index in [0.29, 0.717) is 0 Å². The summed E-state index contributed by atoms with van der Waals surface area (Å²) in [6.07, 6.45) is 8.69. The molecule has 5 nitrogen and oxygen atoms in total. The minimum absolute atomic E-state index is 0.0469. The predicted molar refractivity (Wildman–Crippen MR) is 207 cm³/mol. The molecule has 2 unspecified atom stereocenters. The topological polar surface area (TPSA) is 46.3 Å². The van der Waals surface area contributed by atoms with Crippen molar-refractivity contribution < 1.29 is 0 Å². The Morgan fingerprint density at radius 3 is 1.88 bits per heavy atom. The van der Waals surface area contributed by atoms with Gasteiger partial charge in [0.2, 0.25) is 0 Å². The highest BCUT2D eigenvalue weighted by atomic mass is 15.3. The highest BCUT2D eigenvalue weighted by Crippen LogP contribution is 2.40. The molecule has 50 heavy (non-hydrogen) atoms. The second-order valence-electron chi connectivity index (χ2n) is 13.2. The average molecular weight is 646 g/mol. The van der Waals surface area contributed by atoms with Crippen LogP contribution in [0.1, 0.15) is 30.1 Å². The molecule has 0 saturated heterocycles. The molecule has 2 N–H and O–H groups in total. The molecule has 1 aliphatic carbocycles. The first-order chi connectivity index (χ1) is 24.8. The first kappa shape index (κ1) is 28.8. The van der Waals surface area contributed by atoms with Gasteiger partial charge in [-0.25, -0.2) is 4.99 Å². The van der Waals surface area contributed by atoms with Crippen molar-refractivity contribution in [1.29, 1.82) is 0 Å². The normalized spacial score (nSPS) is 17.7. The Kier molecular flexibility index (Phi) is 6.78. The van der Waals surface area contributed by atoms with Crippen LogP contribution in [0, 0.1) is 0 Å². The van der Waals surface area contributed by atoms with Crippen molar-refractivity contribution in [2.24, 2.45) is 4.99 Å². The van der Waals surface area contributed by atoms with Gasteiger partial charge in [0.25, 0.3) is 0 Å². The zero-order valence-electron chi connectivity index (χ0n) is 27.5. The molecule has 0 radical (unpaired) electrons. The van der Waals surface area contributed by atoms with Crippen molar-refractivity contribution in [2.45, 2.75) is 25.2 Å². The summed E-state index contributed by atoms with van der Waals surface area (Å²) in [5.41, 5.74) is 10.5. The Morgan fingerprint density at radius 1 is 0.540 bits per heavy atom. The quantitative estimate of drug-likeness (QED) is 0.196. The molecule has 1 aliphatic heterocycles.